The molecule has 0 unspecified atom stereocenters. The first-order valence-corrected chi connectivity index (χ1v) is 8.65. The number of anilines is 1. The van der Waals surface area contributed by atoms with Gasteiger partial charge in [-0.05, 0) is 12.8 Å². The number of ether oxygens (including phenoxy) is 2. The fourth-order valence-corrected chi connectivity index (χ4v) is 2.98. The second-order valence-electron chi connectivity index (χ2n) is 6.33. The van der Waals surface area contributed by atoms with E-state index in [1.165, 1.54) is 4.57 Å². The number of rotatable bonds is 5. The predicted molar refractivity (Wildman–Crippen MR) is 91.7 cm³/mol. The molecule has 2 aliphatic rings. The van der Waals surface area contributed by atoms with Crippen molar-refractivity contribution in [2.45, 2.75) is 25.0 Å². The molecule has 1 aromatic heterocycles. The lowest BCUT2D eigenvalue weighted by atomic mass is 10.2. The lowest BCUT2D eigenvalue weighted by molar-refractivity contribution is -0.00702. The van der Waals surface area contributed by atoms with Gasteiger partial charge in [0.1, 0.15) is 0 Å². The number of morpholine rings is 1. The summed E-state index contributed by atoms with van der Waals surface area (Å²) in [7, 11) is 1.67. The Morgan fingerprint density at radius 2 is 2.16 bits per heavy atom. The van der Waals surface area contributed by atoms with Crippen molar-refractivity contribution in [2.24, 2.45) is 7.05 Å². The van der Waals surface area contributed by atoms with E-state index in [9.17, 15) is 9.59 Å². The molecule has 0 radical (unpaired) electrons. The Morgan fingerprint density at radius 3 is 2.96 bits per heavy atom. The van der Waals surface area contributed by atoms with Gasteiger partial charge < -0.3 is 29.6 Å². The zero-order chi connectivity index (χ0) is 17.6. The van der Waals surface area contributed by atoms with E-state index in [2.05, 4.69) is 15.6 Å². The zero-order valence-electron chi connectivity index (χ0n) is 14.4. The SMILES string of the molecule is Cn1ccnc(NC[C@@H]2CN(C(=O)NC[C@@H]3CCCO3)CCO2)c1=O. The summed E-state index contributed by atoms with van der Waals surface area (Å²) in [5.74, 6) is 0.286. The first-order valence-electron chi connectivity index (χ1n) is 8.65. The maximum atomic E-state index is 12.3. The Labute approximate surface area is 146 Å². The molecule has 0 spiro atoms. The molecule has 3 rings (SSSR count). The summed E-state index contributed by atoms with van der Waals surface area (Å²) in [4.78, 5) is 30.0. The van der Waals surface area contributed by atoms with Gasteiger partial charge in [0, 0.05) is 45.7 Å². The van der Waals surface area contributed by atoms with Crippen molar-refractivity contribution >= 4 is 11.8 Å². The van der Waals surface area contributed by atoms with Crippen molar-refractivity contribution in [3.63, 3.8) is 0 Å². The van der Waals surface area contributed by atoms with Crippen molar-refractivity contribution in [1.29, 1.82) is 0 Å². The average Bonchev–Trinajstić information content (AvgIpc) is 3.15. The molecule has 2 N–H and O–H groups in total. The lowest BCUT2D eigenvalue weighted by Crippen LogP contribution is -2.52. The van der Waals surface area contributed by atoms with E-state index >= 15 is 0 Å². The number of urea groups is 1. The van der Waals surface area contributed by atoms with Gasteiger partial charge in [0.05, 0.1) is 25.4 Å². The summed E-state index contributed by atoms with van der Waals surface area (Å²) < 4.78 is 12.7. The number of hydrogen-bond acceptors (Lipinski definition) is 6. The number of aryl methyl sites for hydroxylation is 1. The van der Waals surface area contributed by atoms with E-state index in [-0.39, 0.29) is 29.6 Å². The molecule has 9 heteroatoms. The highest BCUT2D eigenvalue weighted by Gasteiger charge is 2.25. The minimum Gasteiger partial charge on any atom is -0.376 e. The van der Waals surface area contributed by atoms with Crippen LogP contribution in [0.25, 0.3) is 0 Å². The first kappa shape index (κ1) is 17.7. The van der Waals surface area contributed by atoms with E-state index in [0.717, 1.165) is 19.4 Å². The highest BCUT2D eigenvalue weighted by molar-refractivity contribution is 5.74. The van der Waals surface area contributed by atoms with Gasteiger partial charge in [-0.3, -0.25) is 4.79 Å². The standard InChI is InChI=1S/C16H25N5O4/c1-20-5-4-17-14(15(20)22)18-10-13-11-21(6-8-25-13)16(23)19-9-12-3-2-7-24-12/h4-5,12-13H,2-3,6-11H2,1H3,(H,17,18)(H,19,23)/t12-,13+/m0/s1. The van der Waals surface area contributed by atoms with Crippen LogP contribution in [-0.2, 0) is 16.5 Å². The molecule has 2 saturated heterocycles. The molecular formula is C16H25N5O4. The molecule has 2 atom stereocenters. The van der Waals surface area contributed by atoms with Crippen LogP contribution in [0, 0.1) is 0 Å². The molecule has 25 heavy (non-hydrogen) atoms. The Morgan fingerprint density at radius 1 is 1.32 bits per heavy atom. The largest absolute Gasteiger partial charge is 0.376 e. The third-order valence-electron chi connectivity index (χ3n) is 4.44. The average molecular weight is 351 g/mol. The van der Waals surface area contributed by atoms with Crippen LogP contribution >= 0.6 is 0 Å². The van der Waals surface area contributed by atoms with Crippen LogP contribution in [0.4, 0.5) is 10.6 Å². The monoisotopic (exact) mass is 351 g/mol. The second kappa shape index (κ2) is 8.30. The van der Waals surface area contributed by atoms with E-state index in [0.29, 0.717) is 32.8 Å². The van der Waals surface area contributed by atoms with Crippen molar-refractivity contribution in [2.75, 3.05) is 44.7 Å². The normalized spacial score (nSPS) is 23.5. The van der Waals surface area contributed by atoms with Crippen LogP contribution in [0.3, 0.4) is 0 Å². The van der Waals surface area contributed by atoms with Crippen molar-refractivity contribution in [3.05, 3.63) is 22.7 Å². The molecular weight excluding hydrogens is 326 g/mol. The van der Waals surface area contributed by atoms with Crippen LogP contribution in [-0.4, -0.2) is 72.1 Å². The fraction of sp³-hybridized carbons (Fsp3) is 0.688. The number of carbonyl (C=O) groups excluding carboxylic acids is 1. The van der Waals surface area contributed by atoms with Gasteiger partial charge in [-0.1, -0.05) is 0 Å². The van der Waals surface area contributed by atoms with Crippen LogP contribution in [0.15, 0.2) is 17.2 Å². The van der Waals surface area contributed by atoms with E-state index in [4.69, 9.17) is 9.47 Å². The smallest absolute Gasteiger partial charge is 0.317 e. The third kappa shape index (κ3) is 4.70. The minimum atomic E-state index is -0.190. The third-order valence-corrected chi connectivity index (χ3v) is 4.44. The highest BCUT2D eigenvalue weighted by atomic mass is 16.5. The van der Waals surface area contributed by atoms with Crippen LogP contribution in [0.1, 0.15) is 12.8 Å². The topological polar surface area (TPSA) is 97.7 Å². The molecule has 0 aromatic carbocycles. The van der Waals surface area contributed by atoms with E-state index in [1.807, 2.05) is 0 Å². The Hall–Kier alpha value is -2.13. The summed E-state index contributed by atoms with van der Waals surface area (Å²) in [6.07, 6.45) is 5.16. The summed E-state index contributed by atoms with van der Waals surface area (Å²) in [5, 5.41) is 5.94. The fourth-order valence-electron chi connectivity index (χ4n) is 2.98. The van der Waals surface area contributed by atoms with Gasteiger partial charge in [-0.25, -0.2) is 9.78 Å². The maximum Gasteiger partial charge on any atom is 0.317 e. The van der Waals surface area contributed by atoms with Crippen LogP contribution in [0.2, 0.25) is 0 Å². The minimum absolute atomic E-state index is 0.0995. The van der Waals surface area contributed by atoms with Gasteiger partial charge in [0.2, 0.25) is 0 Å². The van der Waals surface area contributed by atoms with E-state index in [1.54, 1.807) is 24.3 Å². The molecule has 2 amide bonds. The van der Waals surface area contributed by atoms with Gasteiger partial charge in [0.25, 0.3) is 5.56 Å². The molecule has 138 valence electrons. The van der Waals surface area contributed by atoms with Crippen LogP contribution < -0.4 is 16.2 Å². The van der Waals surface area contributed by atoms with Crippen molar-refractivity contribution < 1.29 is 14.3 Å². The zero-order valence-corrected chi connectivity index (χ0v) is 14.4. The summed E-state index contributed by atoms with van der Waals surface area (Å²) in [5.41, 5.74) is -0.190. The summed E-state index contributed by atoms with van der Waals surface area (Å²) >= 11 is 0. The second-order valence-corrected chi connectivity index (χ2v) is 6.33. The van der Waals surface area contributed by atoms with Gasteiger partial charge in [-0.2, -0.15) is 0 Å². The first-order chi connectivity index (χ1) is 12.1. The van der Waals surface area contributed by atoms with Crippen molar-refractivity contribution in [1.82, 2.24) is 19.8 Å². The molecule has 2 fully saturated rings. The lowest BCUT2D eigenvalue weighted by Gasteiger charge is -2.33. The molecule has 3 heterocycles. The molecule has 1 aromatic rings. The number of hydrogen-bond donors (Lipinski definition) is 2. The number of aromatic nitrogens is 2. The Bertz CT molecular complexity index is 644. The number of amides is 2. The summed E-state index contributed by atoms with van der Waals surface area (Å²) in [6, 6.07) is -0.0995. The van der Waals surface area contributed by atoms with E-state index < -0.39 is 0 Å². The van der Waals surface area contributed by atoms with Gasteiger partial charge >= 0.3 is 6.03 Å². The summed E-state index contributed by atoms with van der Waals surface area (Å²) in [6.45, 7) is 3.24. The Kier molecular flexibility index (Phi) is 5.87. The number of nitrogens with zero attached hydrogens (tertiary/aromatic N) is 3. The molecule has 0 saturated carbocycles. The Balaban J connectivity index is 1.46. The van der Waals surface area contributed by atoms with Crippen LogP contribution in [0.5, 0.6) is 0 Å². The molecule has 9 nitrogen and oxygen atoms in total. The van der Waals surface area contributed by atoms with Gasteiger partial charge in [0.15, 0.2) is 5.82 Å². The molecule has 0 aliphatic carbocycles. The molecule has 2 aliphatic heterocycles. The van der Waals surface area contributed by atoms with Crippen molar-refractivity contribution in [3.8, 4) is 0 Å². The molecule has 0 bridgehead atoms. The maximum absolute atomic E-state index is 12.3. The number of carbonyl (C=O) groups is 1. The highest BCUT2D eigenvalue weighted by Crippen LogP contribution is 2.11. The number of nitrogens with one attached hydrogen (secondary N) is 2. The predicted octanol–water partition coefficient (Wildman–Crippen LogP) is -0.218. The van der Waals surface area contributed by atoms with Gasteiger partial charge in [-0.15, -0.1) is 0 Å². The quantitative estimate of drug-likeness (QED) is 0.761.